The van der Waals surface area contributed by atoms with Crippen LogP contribution in [0.3, 0.4) is 0 Å². The number of nitrogens with zero attached hydrogens (tertiary/aromatic N) is 5. The van der Waals surface area contributed by atoms with Crippen molar-refractivity contribution >= 4 is 46.0 Å². The maximum Gasteiger partial charge on any atom is 0.151 e. The topological polar surface area (TPSA) is 74.5 Å². The Morgan fingerprint density at radius 2 is 1.90 bits per heavy atom. The van der Waals surface area contributed by atoms with Gasteiger partial charge in [0.2, 0.25) is 0 Å². The van der Waals surface area contributed by atoms with E-state index in [1.807, 2.05) is 31.2 Å². The van der Waals surface area contributed by atoms with Gasteiger partial charge >= 0.3 is 0 Å². The number of aromatic nitrogens is 4. The number of pyridine rings is 2. The normalized spacial score (nSPS) is 19.2. The molecule has 0 bridgehead atoms. The van der Waals surface area contributed by atoms with E-state index in [2.05, 4.69) is 14.9 Å². The van der Waals surface area contributed by atoms with Gasteiger partial charge in [-0.05, 0) is 62.1 Å². The van der Waals surface area contributed by atoms with Crippen LogP contribution in [0.5, 0.6) is 5.75 Å². The number of morpholine rings is 1. The molecule has 2 unspecified atom stereocenters. The van der Waals surface area contributed by atoms with E-state index in [-0.39, 0.29) is 11.9 Å². The number of ether oxygens (including phenoxy) is 3. The van der Waals surface area contributed by atoms with Crippen molar-refractivity contribution in [3.63, 3.8) is 0 Å². The molecule has 0 saturated carbocycles. The Balaban J connectivity index is 1.30. The Labute approximate surface area is 254 Å². The van der Waals surface area contributed by atoms with Gasteiger partial charge in [0.25, 0.3) is 0 Å². The summed E-state index contributed by atoms with van der Waals surface area (Å²) in [6, 6.07) is 9.34. The molecule has 42 heavy (non-hydrogen) atoms. The van der Waals surface area contributed by atoms with Crippen molar-refractivity contribution in [3.05, 3.63) is 81.5 Å². The molecular weight excluding hydrogens is 580 g/mol. The van der Waals surface area contributed by atoms with Crippen LogP contribution in [-0.2, 0) is 16.0 Å². The van der Waals surface area contributed by atoms with Gasteiger partial charge < -0.3 is 14.2 Å². The molecule has 6 rings (SSSR count). The first kappa shape index (κ1) is 29.0. The minimum atomic E-state index is -0.470. The third kappa shape index (κ3) is 6.45. The number of rotatable bonds is 8. The van der Waals surface area contributed by atoms with Gasteiger partial charge in [0.05, 0.1) is 34.5 Å². The molecule has 4 aromatic rings. The molecule has 2 aliphatic rings. The SMILES string of the molecule is CC(Oc1ccc2c(c1)c(C(F)=Cc1ccc(CN3CCOCC3)nc1)nn2C1CCCCO1)c1c(Cl)cncc1Cl. The summed E-state index contributed by atoms with van der Waals surface area (Å²) in [5, 5.41) is 6.16. The lowest BCUT2D eigenvalue weighted by Crippen LogP contribution is -2.35. The maximum absolute atomic E-state index is 16.0. The van der Waals surface area contributed by atoms with Crippen LogP contribution in [0.1, 0.15) is 61.0 Å². The number of hydrogen-bond donors (Lipinski definition) is 0. The minimum Gasteiger partial charge on any atom is -0.486 e. The van der Waals surface area contributed by atoms with Crippen molar-refractivity contribution in [2.75, 3.05) is 32.9 Å². The molecule has 220 valence electrons. The van der Waals surface area contributed by atoms with Crippen molar-refractivity contribution in [1.82, 2.24) is 24.6 Å². The molecule has 2 atom stereocenters. The Morgan fingerprint density at radius 3 is 2.62 bits per heavy atom. The summed E-state index contributed by atoms with van der Waals surface area (Å²) in [5.41, 5.74) is 3.20. The lowest BCUT2D eigenvalue weighted by Gasteiger charge is -2.26. The van der Waals surface area contributed by atoms with Crippen LogP contribution in [-0.4, -0.2) is 57.6 Å². The van der Waals surface area contributed by atoms with E-state index in [4.69, 9.17) is 42.5 Å². The zero-order chi connectivity index (χ0) is 29.1. The van der Waals surface area contributed by atoms with Gasteiger partial charge in [0.1, 0.15) is 17.5 Å². The molecule has 3 aromatic heterocycles. The first-order chi connectivity index (χ1) is 20.5. The molecular formula is C31H32Cl2FN5O3. The quantitative estimate of drug-likeness (QED) is 0.207. The van der Waals surface area contributed by atoms with Crippen molar-refractivity contribution in [2.45, 2.75) is 45.1 Å². The van der Waals surface area contributed by atoms with Crippen LogP contribution in [0, 0.1) is 0 Å². The molecule has 2 fully saturated rings. The van der Waals surface area contributed by atoms with Crippen LogP contribution in [0.15, 0.2) is 48.9 Å². The fourth-order valence-corrected chi connectivity index (χ4v) is 6.07. The molecule has 5 heterocycles. The van der Waals surface area contributed by atoms with Crippen molar-refractivity contribution in [1.29, 1.82) is 0 Å². The van der Waals surface area contributed by atoms with Crippen LogP contribution in [0.2, 0.25) is 10.0 Å². The van der Waals surface area contributed by atoms with E-state index in [1.54, 1.807) is 16.9 Å². The van der Waals surface area contributed by atoms with E-state index < -0.39 is 11.9 Å². The molecule has 11 heteroatoms. The van der Waals surface area contributed by atoms with Gasteiger partial charge in [0, 0.05) is 55.8 Å². The zero-order valence-corrected chi connectivity index (χ0v) is 24.8. The second kappa shape index (κ2) is 13.1. The molecule has 0 radical (unpaired) electrons. The number of hydrogen-bond acceptors (Lipinski definition) is 7. The highest BCUT2D eigenvalue weighted by Crippen LogP contribution is 2.37. The van der Waals surface area contributed by atoms with E-state index in [0.717, 1.165) is 63.3 Å². The highest BCUT2D eigenvalue weighted by atomic mass is 35.5. The summed E-state index contributed by atoms with van der Waals surface area (Å²) < 4.78 is 35.4. The molecule has 2 aliphatic heterocycles. The van der Waals surface area contributed by atoms with Crippen LogP contribution < -0.4 is 4.74 Å². The van der Waals surface area contributed by atoms with Crippen molar-refractivity contribution in [2.24, 2.45) is 0 Å². The first-order valence-corrected chi connectivity index (χ1v) is 14.9. The monoisotopic (exact) mass is 611 g/mol. The second-order valence-corrected chi connectivity index (χ2v) is 11.3. The summed E-state index contributed by atoms with van der Waals surface area (Å²) in [6.07, 6.45) is 8.32. The van der Waals surface area contributed by atoms with Crippen molar-refractivity contribution in [3.8, 4) is 5.75 Å². The minimum absolute atomic E-state index is 0.217. The Hall–Kier alpha value is -3.08. The van der Waals surface area contributed by atoms with E-state index in [0.29, 0.717) is 38.9 Å². The standard InChI is InChI=1S/C31H32Cl2FN5O3/c1-20(30-25(32)17-35-18-26(30)33)42-23-7-8-28-24(15-23)31(37-39(28)29-4-2-3-11-41-29)27(34)14-21-5-6-22(36-16-21)19-38-9-12-40-13-10-38/h5-8,14-18,20,29H,2-4,9-13,19H2,1H3. The fourth-order valence-electron chi connectivity index (χ4n) is 5.40. The predicted octanol–water partition coefficient (Wildman–Crippen LogP) is 7.27. The summed E-state index contributed by atoms with van der Waals surface area (Å²) in [4.78, 5) is 10.9. The number of fused-ring (bicyclic) bond motifs is 1. The van der Waals surface area contributed by atoms with Crippen LogP contribution in [0.25, 0.3) is 22.8 Å². The molecule has 8 nitrogen and oxygen atoms in total. The Kier molecular flexibility index (Phi) is 9.02. The smallest absolute Gasteiger partial charge is 0.151 e. The van der Waals surface area contributed by atoms with Crippen molar-refractivity contribution < 1.29 is 18.6 Å². The molecule has 0 aliphatic carbocycles. The van der Waals surface area contributed by atoms with Gasteiger partial charge in [-0.2, -0.15) is 5.10 Å². The van der Waals surface area contributed by atoms with Gasteiger partial charge in [0.15, 0.2) is 12.1 Å². The molecule has 0 amide bonds. The lowest BCUT2D eigenvalue weighted by molar-refractivity contribution is -0.0367. The molecule has 0 spiro atoms. The average molecular weight is 613 g/mol. The average Bonchev–Trinajstić information content (AvgIpc) is 3.38. The molecule has 0 N–H and O–H groups in total. The largest absolute Gasteiger partial charge is 0.486 e. The zero-order valence-electron chi connectivity index (χ0n) is 23.3. The highest BCUT2D eigenvalue weighted by Gasteiger charge is 2.24. The number of halogens is 3. The summed E-state index contributed by atoms with van der Waals surface area (Å²) in [5.74, 6) is 0.0638. The highest BCUT2D eigenvalue weighted by molar-refractivity contribution is 6.35. The summed E-state index contributed by atoms with van der Waals surface area (Å²) in [6.45, 7) is 6.47. The van der Waals surface area contributed by atoms with E-state index >= 15 is 4.39 Å². The van der Waals surface area contributed by atoms with Gasteiger partial charge in [-0.15, -0.1) is 0 Å². The number of benzene rings is 1. The molecule has 2 saturated heterocycles. The van der Waals surface area contributed by atoms with E-state index in [9.17, 15) is 0 Å². The third-order valence-electron chi connectivity index (χ3n) is 7.57. The Bertz CT molecular complexity index is 1550. The first-order valence-electron chi connectivity index (χ1n) is 14.2. The lowest BCUT2D eigenvalue weighted by atomic mass is 10.1. The van der Waals surface area contributed by atoms with Gasteiger partial charge in [-0.3, -0.25) is 14.9 Å². The Morgan fingerprint density at radius 1 is 1.10 bits per heavy atom. The predicted molar refractivity (Wildman–Crippen MR) is 161 cm³/mol. The maximum atomic E-state index is 16.0. The van der Waals surface area contributed by atoms with E-state index in [1.165, 1.54) is 18.5 Å². The van der Waals surface area contributed by atoms with Crippen LogP contribution in [0.4, 0.5) is 4.39 Å². The fraction of sp³-hybridized carbons (Fsp3) is 0.387. The van der Waals surface area contributed by atoms with Crippen LogP contribution >= 0.6 is 23.2 Å². The summed E-state index contributed by atoms with van der Waals surface area (Å²) >= 11 is 12.7. The second-order valence-electron chi connectivity index (χ2n) is 10.5. The third-order valence-corrected chi connectivity index (χ3v) is 8.17. The van der Waals surface area contributed by atoms with Gasteiger partial charge in [-0.25, -0.2) is 9.07 Å². The summed E-state index contributed by atoms with van der Waals surface area (Å²) in [7, 11) is 0. The molecule has 1 aromatic carbocycles. The van der Waals surface area contributed by atoms with Gasteiger partial charge in [-0.1, -0.05) is 29.3 Å².